The number of ether oxygens (including phenoxy) is 2. The molecule has 2 aromatic rings. The lowest BCUT2D eigenvalue weighted by molar-refractivity contribution is -0.181. The van der Waals surface area contributed by atoms with Crippen LogP contribution in [0.5, 0.6) is 0 Å². The van der Waals surface area contributed by atoms with E-state index >= 15 is 0 Å². The second-order valence-electron chi connectivity index (χ2n) is 9.43. The fourth-order valence-corrected chi connectivity index (χ4v) is 6.23. The number of piperidine rings is 1. The first-order chi connectivity index (χ1) is 16.0. The number of H-pyrrole nitrogens is 1. The second-order valence-corrected chi connectivity index (χ2v) is 9.43. The molecule has 180 valence electrons. The van der Waals surface area contributed by atoms with E-state index in [4.69, 9.17) is 9.47 Å². The summed E-state index contributed by atoms with van der Waals surface area (Å²) in [5.74, 6) is -1.38. The van der Waals surface area contributed by atoms with Crippen molar-refractivity contribution < 1.29 is 24.2 Å². The van der Waals surface area contributed by atoms with Crippen LogP contribution in [0.3, 0.4) is 0 Å². The van der Waals surface area contributed by atoms with E-state index in [-0.39, 0.29) is 25.7 Å². The maximum Gasteiger partial charge on any atom is 0.325 e. The molecule has 0 spiro atoms. The smallest absolute Gasteiger partial charge is 0.325 e. The number of aliphatic hydroxyl groups excluding tert-OH is 1. The third-order valence-corrected chi connectivity index (χ3v) is 7.79. The Labute approximate surface area is 195 Å². The number of nitrogens with zero attached hydrogens (tertiary/aromatic N) is 1. The molecule has 0 aliphatic carbocycles. The van der Waals surface area contributed by atoms with Crippen molar-refractivity contribution >= 4 is 22.8 Å². The van der Waals surface area contributed by atoms with Gasteiger partial charge in [-0.1, -0.05) is 25.1 Å². The van der Waals surface area contributed by atoms with Crippen LogP contribution in [0.15, 0.2) is 24.3 Å². The molecule has 0 saturated carbocycles. The number of hydrogen-bond donors (Lipinski definition) is 2. The van der Waals surface area contributed by atoms with Gasteiger partial charge < -0.3 is 19.6 Å². The lowest BCUT2D eigenvalue weighted by atomic mass is 9.60. The molecule has 7 nitrogen and oxygen atoms in total. The fraction of sp³-hybridized carbons (Fsp3) is 0.615. The van der Waals surface area contributed by atoms with Gasteiger partial charge in [-0.15, -0.1) is 0 Å². The van der Waals surface area contributed by atoms with Gasteiger partial charge in [0, 0.05) is 23.1 Å². The van der Waals surface area contributed by atoms with Gasteiger partial charge in [0.15, 0.2) is 5.41 Å². The molecule has 3 heterocycles. The van der Waals surface area contributed by atoms with Gasteiger partial charge in [0.25, 0.3) is 0 Å². The Hall–Kier alpha value is -2.38. The number of nitrogens with one attached hydrogen (secondary N) is 1. The average molecular weight is 457 g/mol. The Morgan fingerprint density at radius 2 is 1.85 bits per heavy atom. The molecule has 1 fully saturated rings. The van der Waals surface area contributed by atoms with Crippen LogP contribution in [-0.4, -0.2) is 59.8 Å². The summed E-state index contributed by atoms with van der Waals surface area (Å²) >= 11 is 0. The zero-order chi connectivity index (χ0) is 23.6. The first-order valence-corrected chi connectivity index (χ1v) is 12.2. The number of esters is 2. The minimum atomic E-state index is -1.73. The SMILES string of the molecule is CCOC(=O)C(CO)(C[C@]1(CC)CCCN2CCc3c([nH]c4ccccc34)[C@@H]21)C(=O)OCC. The lowest BCUT2D eigenvalue weighted by Gasteiger charge is -2.53. The number of carbonyl (C=O) groups is 2. The maximum absolute atomic E-state index is 13.2. The minimum Gasteiger partial charge on any atom is -0.465 e. The van der Waals surface area contributed by atoms with E-state index in [9.17, 15) is 14.7 Å². The van der Waals surface area contributed by atoms with Gasteiger partial charge in [0.05, 0.1) is 25.9 Å². The quantitative estimate of drug-likeness (QED) is 0.464. The number of aromatic amines is 1. The Morgan fingerprint density at radius 1 is 1.15 bits per heavy atom. The molecule has 7 heteroatoms. The van der Waals surface area contributed by atoms with E-state index in [1.54, 1.807) is 13.8 Å². The van der Waals surface area contributed by atoms with Crippen LogP contribution in [0.1, 0.15) is 63.8 Å². The third-order valence-electron chi connectivity index (χ3n) is 7.79. The summed E-state index contributed by atoms with van der Waals surface area (Å²) < 4.78 is 10.7. The fourth-order valence-electron chi connectivity index (χ4n) is 6.23. The Bertz CT molecular complexity index is 997. The number of para-hydroxylation sites is 1. The molecule has 0 unspecified atom stereocenters. The Morgan fingerprint density at radius 3 is 2.48 bits per heavy atom. The van der Waals surface area contributed by atoms with E-state index in [1.165, 1.54) is 16.6 Å². The molecule has 33 heavy (non-hydrogen) atoms. The summed E-state index contributed by atoms with van der Waals surface area (Å²) in [4.78, 5) is 32.5. The summed E-state index contributed by atoms with van der Waals surface area (Å²) in [5.41, 5.74) is 1.51. The molecule has 1 aromatic heterocycles. The van der Waals surface area contributed by atoms with Gasteiger partial charge in [-0.25, -0.2) is 0 Å². The van der Waals surface area contributed by atoms with Crippen molar-refractivity contribution in [2.75, 3.05) is 32.9 Å². The molecular weight excluding hydrogens is 420 g/mol. The molecule has 2 N–H and O–H groups in total. The summed E-state index contributed by atoms with van der Waals surface area (Å²) in [5, 5.41) is 11.7. The first-order valence-electron chi connectivity index (χ1n) is 12.2. The highest BCUT2D eigenvalue weighted by atomic mass is 16.6. The van der Waals surface area contributed by atoms with Crippen molar-refractivity contribution in [3.05, 3.63) is 35.5 Å². The zero-order valence-corrected chi connectivity index (χ0v) is 20.0. The van der Waals surface area contributed by atoms with E-state index in [2.05, 4.69) is 35.0 Å². The summed E-state index contributed by atoms with van der Waals surface area (Å²) in [6.45, 7) is 7.11. The molecule has 2 aliphatic rings. The van der Waals surface area contributed by atoms with Crippen LogP contribution in [0.2, 0.25) is 0 Å². The van der Waals surface area contributed by atoms with Crippen molar-refractivity contribution in [2.45, 2.75) is 58.9 Å². The predicted octanol–water partition coefficient (Wildman–Crippen LogP) is 3.75. The number of aromatic nitrogens is 1. The van der Waals surface area contributed by atoms with E-state index in [1.807, 2.05) is 6.07 Å². The zero-order valence-electron chi connectivity index (χ0n) is 20.0. The number of hydrogen-bond acceptors (Lipinski definition) is 6. The molecule has 2 atom stereocenters. The molecule has 0 bridgehead atoms. The summed E-state index contributed by atoms with van der Waals surface area (Å²) in [7, 11) is 0. The van der Waals surface area contributed by atoms with Gasteiger partial charge in [-0.2, -0.15) is 0 Å². The van der Waals surface area contributed by atoms with Crippen LogP contribution < -0.4 is 0 Å². The molecule has 0 radical (unpaired) electrons. The third kappa shape index (κ3) is 3.85. The number of benzene rings is 1. The molecule has 1 aromatic carbocycles. The number of aliphatic hydroxyl groups is 1. The van der Waals surface area contributed by atoms with Gasteiger partial charge in [0.1, 0.15) is 0 Å². The van der Waals surface area contributed by atoms with Gasteiger partial charge in [-0.05, 0) is 69.5 Å². The van der Waals surface area contributed by atoms with Gasteiger partial charge >= 0.3 is 11.9 Å². The van der Waals surface area contributed by atoms with Crippen molar-refractivity contribution in [1.82, 2.24) is 9.88 Å². The number of fused-ring (bicyclic) bond motifs is 5. The monoisotopic (exact) mass is 456 g/mol. The van der Waals surface area contributed by atoms with Crippen LogP contribution in [0.4, 0.5) is 0 Å². The highest BCUT2D eigenvalue weighted by Gasteiger charge is 2.58. The van der Waals surface area contributed by atoms with Gasteiger partial charge in [0.2, 0.25) is 0 Å². The van der Waals surface area contributed by atoms with Crippen molar-refractivity contribution in [1.29, 1.82) is 0 Å². The van der Waals surface area contributed by atoms with E-state index < -0.39 is 29.4 Å². The van der Waals surface area contributed by atoms with Gasteiger partial charge in [-0.3, -0.25) is 14.5 Å². The molecule has 4 rings (SSSR count). The highest BCUT2D eigenvalue weighted by molar-refractivity contribution is 6.00. The maximum atomic E-state index is 13.2. The first kappa shape index (κ1) is 23.8. The van der Waals surface area contributed by atoms with Crippen molar-refractivity contribution in [2.24, 2.45) is 10.8 Å². The van der Waals surface area contributed by atoms with Crippen molar-refractivity contribution in [3.63, 3.8) is 0 Å². The minimum absolute atomic E-state index is 0.0298. The summed E-state index contributed by atoms with van der Waals surface area (Å²) in [6, 6.07) is 8.39. The topological polar surface area (TPSA) is 91.9 Å². The highest BCUT2D eigenvalue weighted by Crippen LogP contribution is 2.56. The van der Waals surface area contributed by atoms with Crippen LogP contribution >= 0.6 is 0 Å². The number of rotatable bonds is 8. The average Bonchev–Trinajstić information content (AvgIpc) is 3.21. The van der Waals surface area contributed by atoms with Crippen LogP contribution in [-0.2, 0) is 25.5 Å². The normalized spacial score (nSPS) is 23.1. The largest absolute Gasteiger partial charge is 0.465 e. The van der Waals surface area contributed by atoms with E-state index in [0.717, 1.165) is 44.3 Å². The van der Waals surface area contributed by atoms with Crippen LogP contribution in [0.25, 0.3) is 10.9 Å². The second kappa shape index (κ2) is 9.47. The molecular formula is C26H36N2O5. The summed E-state index contributed by atoms with van der Waals surface area (Å²) in [6.07, 6.45) is 3.77. The predicted molar refractivity (Wildman–Crippen MR) is 126 cm³/mol. The molecule has 0 amide bonds. The van der Waals surface area contributed by atoms with Crippen LogP contribution in [0, 0.1) is 10.8 Å². The molecule has 1 saturated heterocycles. The Balaban J connectivity index is 1.83. The Kier molecular flexibility index (Phi) is 6.82. The lowest BCUT2D eigenvalue weighted by Crippen LogP contribution is -2.55. The number of carbonyl (C=O) groups excluding carboxylic acids is 2. The van der Waals surface area contributed by atoms with E-state index in [0.29, 0.717) is 0 Å². The molecule has 2 aliphatic heterocycles. The van der Waals surface area contributed by atoms with Crippen molar-refractivity contribution in [3.8, 4) is 0 Å². The standard InChI is InChI=1S/C26H36N2O5/c1-4-25(16-26(17-29,23(30)32-5-2)24(31)33-6-3)13-9-14-28-15-12-19-18-10-7-8-11-20(18)27-21(19)22(25)28/h7-8,10-11,22,27,29H,4-6,9,12-17H2,1-3H3/t22-,25+/m1/s1.